The molecule has 1 aliphatic heterocycles. The number of hydrogen-bond acceptors (Lipinski definition) is 2. The van der Waals surface area contributed by atoms with Crippen LogP contribution in [0.3, 0.4) is 0 Å². The zero-order chi connectivity index (χ0) is 12.5. The van der Waals surface area contributed by atoms with Crippen molar-refractivity contribution in [1.82, 2.24) is 10.2 Å². The van der Waals surface area contributed by atoms with Crippen LogP contribution in [-0.4, -0.2) is 31.1 Å². The summed E-state index contributed by atoms with van der Waals surface area (Å²) < 4.78 is 27.1. The Morgan fingerprint density at radius 2 is 1.82 bits per heavy atom. The van der Waals surface area contributed by atoms with Crippen molar-refractivity contribution in [2.24, 2.45) is 0 Å². The first-order valence-corrected chi connectivity index (χ1v) is 5.93. The van der Waals surface area contributed by atoms with Crippen LogP contribution in [0.1, 0.15) is 19.4 Å². The zero-order valence-electron chi connectivity index (χ0n) is 10.3. The molecule has 94 valence electrons. The Hall–Kier alpha value is -1.00. The van der Waals surface area contributed by atoms with E-state index in [0.717, 1.165) is 32.2 Å². The molecule has 2 nitrogen and oxygen atoms in total. The van der Waals surface area contributed by atoms with E-state index in [1.807, 2.05) is 13.8 Å². The van der Waals surface area contributed by atoms with Gasteiger partial charge >= 0.3 is 0 Å². The van der Waals surface area contributed by atoms with Crippen LogP contribution in [0.2, 0.25) is 0 Å². The monoisotopic (exact) mass is 240 g/mol. The SMILES string of the molecule is CC(C)(c1cc(F)ccc1F)N1CCNCC1. The Morgan fingerprint density at radius 3 is 2.47 bits per heavy atom. The lowest BCUT2D eigenvalue weighted by atomic mass is 9.91. The van der Waals surface area contributed by atoms with Crippen molar-refractivity contribution in [3.8, 4) is 0 Å². The molecule has 0 spiro atoms. The molecule has 0 aliphatic carbocycles. The maximum Gasteiger partial charge on any atom is 0.128 e. The van der Waals surface area contributed by atoms with Gasteiger partial charge in [0.2, 0.25) is 0 Å². The Morgan fingerprint density at radius 1 is 1.18 bits per heavy atom. The third-order valence-electron chi connectivity index (χ3n) is 3.50. The molecule has 0 saturated carbocycles. The van der Waals surface area contributed by atoms with Gasteiger partial charge in [0, 0.05) is 37.3 Å². The van der Waals surface area contributed by atoms with Gasteiger partial charge in [0.15, 0.2) is 0 Å². The zero-order valence-corrected chi connectivity index (χ0v) is 10.3. The van der Waals surface area contributed by atoms with Gasteiger partial charge in [-0.3, -0.25) is 4.90 Å². The molecule has 1 aliphatic rings. The molecule has 1 heterocycles. The number of halogens is 2. The van der Waals surface area contributed by atoms with E-state index in [1.54, 1.807) is 0 Å². The van der Waals surface area contributed by atoms with Gasteiger partial charge in [0.05, 0.1) is 0 Å². The summed E-state index contributed by atoms with van der Waals surface area (Å²) in [5.74, 6) is -0.723. The average Bonchev–Trinajstić information content (AvgIpc) is 2.33. The Balaban J connectivity index is 2.32. The largest absolute Gasteiger partial charge is 0.314 e. The second-order valence-electron chi connectivity index (χ2n) is 4.92. The molecule has 4 heteroatoms. The van der Waals surface area contributed by atoms with Crippen LogP contribution < -0.4 is 5.32 Å². The number of rotatable bonds is 2. The molecule has 1 saturated heterocycles. The number of nitrogens with zero attached hydrogens (tertiary/aromatic N) is 1. The van der Waals surface area contributed by atoms with E-state index in [9.17, 15) is 8.78 Å². The van der Waals surface area contributed by atoms with Gasteiger partial charge in [0.25, 0.3) is 0 Å². The first-order valence-electron chi connectivity index (χ1n) is 5.93. The Labute approximate surface area is 101 Å². The fourth-order valence-electron chi connectivity index (χ4n) is 2.36. The molecule has 0 atom stereocenters. The fraction of sp³-hybridized carbons (Fsp3) is 0.538. The lowest BCUT2D eigenvalue weighted by Gasteiger charge is -2.41. The average molecular weight is 240 g/mol. The van der Waals surface area contributed by atoms with Gasteiger partial charge in [-0.1, -0.05) is 0 Å². The lowest BCUT2D eigenvalue weighted by molar-refractivity contribution is 0.0989. The Bertz CT molecular complexity index is 398. The van der Waals surface area contributed by atoms with Crippen molar-refractivity contribution in [1.29, 1.82) is 0 Å². The molecule has 17 heavy (non-hydrogen) atoms. The fourth-order valence-corrected chi connectivity index (χ4v) is 2.36. The van der Waals surface area contributed by atoms with Gasteiger partial charge < -0.3 is 5.32 Å². The minimum atomic E-state index is -0.478. The summed E-state index contributed by atoms with van der Waals surface area (Å²) in [7, 11) is 0. The van der Waals surface area contributed by atoms with Gasteiger partial charge in [-0.05, 0) is 32.0 Å². The van der Waals surface area contributed by atoms with E-state index in [-0.39, 0.29) is 11.6 Å². The van der Waals surface area contributed by atoms with Gasteiger partial charge in [-0.2, -0.15) is 0 Å². The molecule has 0 radical (unpaired) electrons. The highest BCUT2D eigenvalue weighted by Gasteiger charge is 2.32. The van der Waals surface area contributed by atoms with E-state index in [0.29, 0.717) is 5.56 Å². The first kappa shape index (κ1) is 12.5. The standard InChI is InChI=1S/C13H18F2N2/c1-13(2,17-7-5-16-6-8-17)11-9-10(14)3-4-12(11)15/h3-4,9,16H,5-8H2,1-2H3. The summed E-state index contributed by atoms with van der Waals surface area (Å²) in [6.45, 7) is 7.36. The summed E-state index contributed by atoms with van der Waals surface area (Å²) in [6.07, 6.45) is 0. The van der Waals surface area contributed by atoms with Crippen molar-refractivity contribution in [3.05, 3.63) is 35.4 Å². The number of piperazine rings is 1. The molecule has 1 N–H and O–H groups in total. The molecular weight excluding hydrogens is 222 g/mol. The van der Waals surface area contributed by atoms with Crippen LogP contribution in [-0.2, 0) is 5.54 Å². The van der Waals surface area contributed by atoms with Gasteiger partial charge in [-0.25, -0.2) is 8.78 Å². The van der Waals surface area contributed by atoms with E-state index in [1.165, 1.54) is 12.1 Å². The molecule has 0 aromatic heterocycles. The maximum atomic E-state index is 13.8. The summed E-state index contributed by atoms with van der Waals surface area (Å²) in [6, 6.07) is 3.67. The van der Waals surface area contributed by atoms with Crippen LogP contribution in [0.15, 0.2) is 18.2 Å². The van der Waals surface area contributed by atoms with Crippen LogP contribution in [0.25, 0.3) is 0 Å². The third kappa shape index (κ3) is 2.48. The highest BCUT2D eigenvalue weighted by atomic mass is 19.1. The minimum Gasteiger partial charge on any atom is -0.314 e. The predicted molar refractivity (Wildman–Crippen MR) is 63.8 cm³/mol. The topological polar surface area (TPSA) is 15.3 Å². The molecule has 0 bridgehead atoms. The van der Waals surface area contributed by atoms with Crippen molar-refractivity contribution >= 4 is 0 Å². The summed E-state index contributed by atoms with van der Waals surface area (Å²) in [4.78, 5) is 2.18. The van der Waals surface area contributed by atoms with E-state index in [2.05, 4.69) is 10.2 Å². The predicted octanol–water partition coefficient (Wildman–Crippen LogP) is 2.11. The van der Waals surface area contributed by atoms with Crippen LogP contribution >= 0.6 is 0 Å². The number of benzene rings is 1. The number of hydrogen-bond donors (Lipinski definition) is 1. The molecule has 0 amide bonds. The third-order valence-corrected chi connectivity index (χ3v) is 3.50. The molecule has 1 aromatic rings. The summed E-state index contributed by atoms with van der Waals surface area (Å²) >= 11 is 0. The van der Waals surface area contributed by atoms with Crippen LogP contribution in [0.4, 0.5) is 8.78 Å². The molecule has 2 rings (SSSR count). The maximum absolute atomic E-state index is 13.8. The van der Waals surface area contributed by atoms with E-state index >= 15 is 0 Å². The van der Waals surface area contributed by atoms with Crippen molar-refractivity contribution in [2.45, 2.75) is 19.4 Å². The smallest absolute Gasteiger partial charge is 0.128 e. The van der Waals surface area contributed by atoms with E-state index in [4.69, 9.17) is 0 Å². The quantitative estimate of drug-likeness (QED) is 0.851. The van der Waals surface area contributed by atoms with Crippen molar-refractivity contribution in [3.63, 3.8) is 0 Å². The highest BCUT2D eigenvalue weighted by molar-refractivity contribution is 5.26. The minimum absolute atomic E-state index is 0.338. The first-order chi connectivity index (χ1) is 8.01. The lowest BCUT2D eigenvalue weighted by Crippen LogP contribution is -2.52. The second kappa shape index (κ2) is 4.70. The van der Waals surface area contributed by atoms with Gasteiger partial charge in [0.1, 0.15) is 11.6 Å². The highest BCUT2D eigenvalue weighted by Crippen LogP contribution is 2.30. The normalized spacial score (nSPS) is 18.4. The molecule has 0 unspecified atom stereocenters. The van der Waals surface area contributed by atoms with Crippen molar-refractivity contribution < 1.29 is 8.78 Å². The Kier molecular flexibility index (Phi) is 3.45. The molecular formula is C13H18F2N2. The summed E-state index contributed by atoms with van der Waals surface area (Å²) in [5, 5.41) is 3.25. The van der Waals surface area contributed by atoms with Crippen molar-refractivity contribution in [2.75, 3.05) is 26.2 Å². The summed E-state index contributed by atoms with van der Waals surface area (Å²) in [5.41, 5.74) is -0.0479. The van der Waals surface area contributed by atoms with Crippen LogP contribution in [0, 0.1) is 11.6 Å². The molecule has 1 aromatic carbocycles. The van der Waals surface area contributed by atoms with Gasteiger partial charge in [-0.15, -0.1) is 0 Å². The second-order valence-corrected chi connectivity index (χ2v) is 4.92. The van der Waals surface area contributed by atoms with Crippen LogP contribution in [0.5, 0.6) is 0 Å². The number of nitrogens with one attached hydrogen (secondary N) is 1. The molecule has 1 fully saturated rings. The van der Waals surface area contributed by atoms with E-state index < -0.39 is 5.54 Å².